The molecule has 1 saturated carbocycles. The van der Waals surface area contributed by atoms with Gasteiger partial charge in [0.1, 0.15) is 11.4 Å². The lowest BCUT2D eigenvalue weighted by molar-refractivity contribution is -0.0858. The lowest BCUT2D eigenvalue weighted by atomic mass is 9.79. The second-order valence-electron chi connectivity index (χ2n) is 4.68. The van der Waals surface area contributed by atoms with Crippen LogP contribution < -0.4 is 5.73 Å². The molecule has 1 heterocycles. The smallest absolute Gasteiger partial charge is 0.260 e. The van der Waals surface area contributed by atoms with Crippen LogP contribution in [0.3, 0.4) is 0 Å². The van der Waals surface area contributed by atoms with Gasteiger partial charge in [-0.1, -0.05) is 11.2 Å². The Hall–Kier alpha value is -1.95. The number of methoxy groups -OCH3 is 1. The summed E-state index contributed by atoms with van der Waals surface area (Å²) in [6.45, 7) is 0. The van der Waals surface area contributed by atoms with Gasteiger partial charge in [-0.15, -0.1) is 0 Å². The van der Waals surface area contributed by atoms with Gasteiger partial charge in [-0.25, -0.2) is 4.39 Å². The Kier molecular flexibility index (Phi) is 2.74. The molecule has 1 fully saturated rings. The van der Waals surface area contributed by atoms with Gasteiger partial charge in [0, 0.05) is 7.11 Å². The van der Waals surface area contributed by atoms with E-state index in [2.05, 4.69) is 10.1 Å². The number of nitrogen functional groups attached to an aromatic ring is 1. The van der Waals surface area contributed by atoms with Gasteiger partial charge in [0.25, 0.3) is 5.89 Å². The number of hydrogen-bond acceptors (Lipinski definition) is 5. The molecule has 0 aliphatic heterocycles. The fourth-order valence-corrected chi connectivity index (χ4v) is 2.26. The van der Waals surface area contributed by atoms with Gasteiger partial charge in [-0.2, -0.15) is 4.98 Å². The number of anilines is 1. The van der Waals surface area contributed by atoms with E-state index in [1.165, 1.54) is 6.07 Å². The maximum Gasteiger partial charge on any atom is 0.260 e. The molecule has 1 aliphatic rings. The molecule has 2 aromatic rings. The number of ether oxygens (including phenoxy) is 1. The highest BCUT2D eigenvalue weighted by atomic mass is 19.1. The van der Waals surface area contributed by atoms with Gasteiger partial charge < -0.3 is 15.0 Å². The number of halogens is 1. The van der Waals surface area contributed by atoms with Gasteiger partial charge in [0.15, 0.2) is 0 Å². The molecule has 1 aliphatic carbocycles. The second-order valence-corrected chi connectivity index (χ2v) is 4.68. The lowest BCUT2D eigenvalue weighted by Crippen LogP contribution is -2.37. The van der Waals surface area contributed by atoms with Gasteiger partial charge in [0.05, 0.1) is 11.3 Å². The summed E-state index contributed by atoms with van der Waals surface area (Å²) >= 11 is 0. The Morgan fingerprint density at radius 3 is 2.84 bits per heavy atom. The van der Waals surface area contributed by atoms with Crippen molar-refractivity contribution in [2.75, 3.05) is 12.8 Å². The topological polar surface area (TPSA) is 74.2 Å². The summed E-state index contributed by atoms with van der Waals surface area (Å²) in [6, 6.07) is 4.50. The van der Waals surface area contributed by atoms with Crippen LogP contribution in [0.5, 0.6) is 0 Å². The molecule has 3 rings (SSSR count). The molecule has 0 saturated heterocycles. The molecule has 0 spiro atoms. The molecule has 0 amide bonds. The minimum absolute atomic E-state index is 0.0118. The molecule has 5 nitrogen and oxygen atoms in total. The lowest BCUT2D eigenvalue weighted by Gasteiger charge is -2.37. The van der Waals surface area contributed by atoms with Crippen molar-refractivity contribution in [2.24, 2.45) is 0 Å². The number of nitrogens with two attached hydrogens (primary N) is 1. The average Bonchev–Trinajstić information content (AvgIpc) is 2.82. The van der Waals surface area contributed by atoms with Crippen molar-refractivity contribution in [1.82, 2.24) is 10.1 Å². The fraction of sp³-hybridized carbons (Fsp3) is 0.385. The molecular formula is C13H14FN3O2. The van der Waals surface area contributed by atoms with Crippen molar-refractivity contribution >= 4 is 5.69 Å². The Bertz CT molecular complexity index is 602. The third kappa shape index (κ3) is 1.79. The van der Waals surface area contributed by atoms with Crippen LogP contribution in [-0.4, -0.2) is 17.3 Å². The maximum absolute atomic E-state index is 13.4. The van der Waals surface area contributed by atoms with Crippen LogP contribution in [0.15, 0.2) is 22.7 Å². The predicted octanol–water partition coefficient (Wildman–Crippen LogP) is 2.48. The Morgan fingerprint density at radius 1 is 1.42 bits per heavy atom. The number of hydrogen-bond donors (Lipinski definition) is 1. The summed E-state index contributed by atoms with van der Waals surface area (Å²) in [4.78, 5) is 4.30. The number of benzene rings is 1. The SMILES string of the molecule is COC1(c2noc(-c3cccc(F)c3N)n2)CCC1. The zero-order valence-electron chi connectivity index (χ0n) is 10.5. The van der Waals surface area contributed by atoms with Crippen molar-refractivity contribution in [3.8, 4) is 11.5 Å². The van der Waals surface area contributed by atoms with Crippen molar-refractivity contribution in [1.29, 1.82) is 0 Å². The summed E-state index contributed by atoms with van der Waals surface area (Å²) in [5, 5.41) is 3.94. The van der Waals surface area contributed by atoms with E-state index in [1.54, 1.807) is 19.2 Å². The molecule has 0 bridgehead atoms. The van der Waals surface area contributed by atoms with E-state index in [0.29, 0.717) is 11.4 Å². The molecule has 6 heteroatoms. The monoisotopic (exact) mass is 263 g/mol. The van der Waals surface area contributed by atoms with E-state index >= 15 is 0 Å². The van der Waals surface area contributed by atoms with Gasteiger partial charge in [-0.3, -0.25) is 0 Å². The van der Waals surface area contributed by atoms with Crippen LogP contribution >= 0.6 is 0 Å². The third-order valence-corrected chi connectivity index (χ3v) is 3.67. The Labute approximate surface area is 109 Å². The maximum atomic E-state index is 13.4. The van der Waals surface area contributed by atoms with Gasteiger partial charge in [-0.05, 0) is 31.4 Å². The zero-order chi connectivity index (χ0) is 13.5. The summed E-state index contributed by atoms with van der Waals surface area (Å²) in [5.74, 6) is 0.220. The summed E-state index contributed by atoms with van der Waals surface area (Å²) in [6.07, 6.45) is 2.79. The van der Waals surface area contributed by atoms with Gasteiger partial charge >= 0.3 is 0 Å². The summed E-state index contributed by atoms with van der Waals surface area (Å²) in [5.41, 5.74) is 5.64. The van der Waals surface area contributed by atoms with Crippen LogP contribution in [0.2, 0.25) is 0 Å². The average molecular weight is 263 g/mol. The van der Waals surface area contributed by atoms with Crippen LogP contribution in [0.4, 0.5) is 10.1 Å². The minimum Gasteiger partial charge on any atom is -0.396 e. The van der Waals surface area contributed by atoms with E-state index in [9.17, 15) is 4.39 Å². The predicted molar refractivity (Wildman–Crippen MR) is 66.6 cm³/mol. The van der Waals surface area contributed by atoms with Crippen LogP contribution in [0.1, 0.15) is 25.1 Å². The van der Waals surface area contributed by atoms with Crippen molar-refractivity contribution < 1.29 is 13.7 Å². The van der Waals surface area contributed by atoms with Crippen molar-refractivity contribution in [3.05, 3.63) is 29.8 Å². The Balaban J connectivity index is 1.99. The Morgan fingerprint density at radius 2 is 2.21 bits per heavy atom. The van der Waals surface area contributed by atoms with Crippen LogP contribution in [-0.2, 0) is 10.3 Å². The number of nitrogens with zero attached hydrogens (tertiary/aromatic N) is 2. The quantitative estimate of drug-likeness (QED) is 0.861. The number of rotatable bonds is 3. The molecule has 2 N–H and O–H groups in total. The van der Waals surface area contributed by atoms with Crippen LogP contribution in [0.25, 0.3) is 11.5 Å². The zero-order valence-corrected chi connectivity index (χ0v) is 10.5. The molecule has 1 aromatic heterocycles. The van der Waals surface area contributed by atoms with E-state index in [0.717, 1.165) is 19.3 Å². The minimum atomic E-state index is -0.498. The standard InChI is InChI=1S/C13H14FN3O2/c1-18-13(6-3-7-13)12-16-11(19-17-12)8-4-2-5-9(14)10(8)15/h2,4-5H,3,6-7,15H2,1H3. The number of para-hydroxylation sites is 1. The molecule has 0 atom stereocenters. The summed E-state index contributed by atoms with van der Waals surface area (Å²) < 4.78 is 24.1. The van der Waals surface area contributed by atoms with Crippen LogP contribution in [0, 0.1) is 5.82 Å². The number of aromatic nitrogens is 2. The molecule has 0 unspecified atom stereocenters. The first-order valence-corrected chi connectivity index (χ1v) is 6.10. The second kappa shape index (κ2) is 4.31. The molecule has 0 radical (unpaired) electrons. The van der Waals surface area contributed by atoms with Crippen molar-refractivity contribution in [3.63, 3.8) is 0 Å². The first-order chi connectivity index (χ1) is 9.16. The highest BCUT2D eigenvalue weighted by Gasteiger charge is 2.43. The highest BCUT2D eigenvalue weighted by Crippen LogP contribution is 2.43. The largest absolute Gasteiger partial charge is 0.396 e. The molecule has 100 valence electrons. The summed E-state index contributed by atoms with van der Waals surface area (Å²) in [7, 11) is 1.63. The first kappa shape index (κ1) is 12.1. The molecule has 1 aromatic carbocycles. The molecular weight excluding hydrogens is 249 g/mol. The van der Waals surface area contributed by atoms with E-state index in [-0.39, 0.29) is 11.6 Å². The third-order valence-electron chi connectivity index (χ3n) is 3.67. The van der Waals surface area contributed by atoms with E-state index < -0.39 is 11.4 Å². The fourth-order valence-electron chi connectivity index (χ4n) is 2.26. The first-order valence-electron chi connectivity index (χ1n) is 6.10. The van der Waals surface area contributed by atoms with E-state index in [1.807, 2.05) is 0 Å². The highest BCUT2D eigenvalue weighted by molar-refractivity contribution is 5.70. The molecule has 19 heavy (non-hydrogen) atoms. The normalized spacial score (nSPS) is 17.2. The van der Waals surface area contributed by atoms with E-state index in [4.69, 9.17) is 15.0 Å². The van der Waals surface area contributed by atoms with Gasteiger partial charge in [0.2, 0.25) is 5.82 Å². The van der Waals surface area contributed by atoms with Crippen molar-refractivity contribution in [2.45, 2.75) is 24.9 Å².